The number of thiazole rings is 1. The van der Waals surface area contributed by atoms with E-state index in [9.17, 15) is 4.79 Å². The molecule has 0 aliphatic rings. The Labute approximate surface area is 112 Å². The van der Waals surface area contributed by atoms with Crippen molar-refractivity contribution in [2.75, 3.05) is 13.7 Å². The summed E-state index contributed by atoms with van der Waals surface area (Å²) in [6.45, 7) is 7.08. The van der Waals surface area contributed by atoms with Gasteiger partial charge >= 0.3 is 0 Å². The summed E-state index contributed by atoms with van der Waals surface area (Å²) in [6.07, 6.45) is -0.415. The Morgan fingerprint density at radius 3 is 2.89 bits per heavy atom. The minimum absolute atomic E-state index is 0.0991. The average Bonchev–Trinajstić information content (AvgIpc) is 2.67. The van der Waals surface area contributed by atoms with Crippen LogP contribution < -0.4 is 5.32 Å². The van der Waals surface area contributed by atoms with E-state index < -0.39 is 6.10 Å². The van der Waals surface area contributed by atoms with Crippen LogP contribution >= 0.6 is 11.3 Å². The van der Waals surface area contributed by atoms with Crippen molar-refractivity contribution in [1.29, 1.82) is 0 Å². The van der Waals surface area contributed by atoms with E-state index in [-0.39, 0.29) is 5.91 Å². The quantitative estimate of drug-likeness (QED) is 0.819. The van der Waals surface area contributed by atoms with Gasteiger partial charge in [-0.2, -0.15) is 0 Å². The smallest absolute Gasteiger partial charge is 0.249 e. The molecule has 102 valence electrons. The topological polar surface area (TPSA) is 60.5 Å². The van der Waals surface area contributed by atoms with Crippen molar-refractivity contribution in [1.82, 2.24) is 10.3 Å². The number of rotatable bonds is 7. The SMILES string of the molecule is CCO[C@H](C)C(=O)NCc1sc(COC)nc1C. The Kier molecular flexibility index (Phi) is 6.24. The van der Waals surface area contributed by atoms with Crippen molar-refractivity contribution in [2.24, 2.45) is 0 Å². The van der Waals surface area contributed by atoms with Gasteiger partial charge in [-0.05, 0) is 20.8 Å². The van der Waals surface area contributed by atoms with Crippen molar-refractivity contribution < 1.29 is 14.3 Å². The molecule has 0 bridgehead atoms. The van der Waals surface area contributed by atoms with Gasteiger partial charge < -0.3 is 14.8 Å². The van der Waals surface area contributed by atoms with Crippen LogP contribution in [0.1, 0.15) is 29.4 Å². The number of methoxy groups -OCH3 is 1. The van der Waals surface area contributed by atoms with Crippen LogP contribution in [0, 0.1) is 6.92 Å². The molecule has 1 amide bonds. The first-order valence-electron chi connectivity index (χ1n) is 5.91. The van der Waals surface area contributed by atoms with Gasteiger partial charge in [0.25, 0.3) is 0 Å². The van der Waals surface area contributed by atoms with E-state index in [1.54, 1.807) is 25.4 Å². The van der Waals surface area contributed by atoms with E-state index >= 15 is 0 Å². The summed E-state index contributed by atoms with van der Waals surface area (Å²) in [5.74, 6) is -0.0991. The maximum absolute atomic E-state index is 11.7. The molecule has 18 heavy (non-hydrogen) atoms. The lowest BCUT2D eigenvalue weighted by molar-refractivity contribution is -0.131. The highest BCUT2D eigenvalue weighted by molar-refractivity contribution is 7.11. The molecule has 0 aliphatic carbocycles. The van der Waals surface area contributed by atoms with Gasteiger partial charge in [0.2, 0.25) is 5.91 Å². The van der Waals surface area contributed by atoms with Crippen molar-refractivity contribution in [3.05, 3.63) is 15.6 Å². The Hall–Kier alpha value is -0.980. The first-order valence-corrected chi connectivity index (χ1v) is 6.73. The van der Waals surface area contributed by atoms with Crippen LogP contribution in [0.15, 0.2) is 0 Å². The second kappa shape index (κ2) is 7.45. The van der Waals surface area contributed by atoms with Gasteiger partial charge in [0.1, 0.15) is 11.1 Å². The summed E-state index contributed by atoms with van der Waals surface area (Å²) in [7, 11) is 1.64. The number of amides is 1. The number of aromatic nitrogens is 1. The van der Waals surface area contributed by atoms with Gasteiger partial charge in [0, 0.05) is 18.6 Å². The molecule has 0 fully saturated rings. The van der Waals surface area contributed by atoms with E-state index in [1.807, 2.05) is 13.8 Å². The zero-order valence-electron chi connectivity index (χ0n) is 11.3. The molecule has 0 saturated heterocycles. The largest absolute Gasteiger partial charge is 0.378 e. The molecule has 0 saturated carbocycles. The minimum Gasteiger partial charge on any atom is -0.378 e. The highest BCUT2D eigenvalue weighted by atomic mass is 32.1. The fourth-order valence-electron chi connectivity index (χ4n) is 1.47. The zero-order chi connectivity index (χ0) is 13.5. The number of hydrogen-bond acceptors (Lipinski definition) is 5. The predicted molar refractivity (Wildman–Crippen MR) is 70.5 cm³/mol. The zero-order valence-corrected chi connectivity index (χ0v) is 12.1. The highest BCUT2D eigenvalue weighted by Gasteiger charge is 2.14. The molecular weight excluding hydrogens is 252 g/mol. The lowest BCUT2D eigenvalue weighted by Crippen LogP contribution is -2.34. The Bertz CT molecular complexity index is 393. The van der Waals surface area contributed by atoms with Crippen LogP contribution in [0.2, 0.25) is 0 Å². The third-order valence-corrected chi connectivity index (χ3v) is 3.54. The van der Waals surface area contributed by atoms with Gasteiger partial charge in [-0.25, -0.2) is 4.98 Å². The van der Waals surface area contributed by atoms with Crippen LogP contribution in [0.5, 0.6) is 0 Å². The molecule has 0 radical (unpaired) electrons. The van der Waals surface area contributed by atoms with Gasteiger partial charge in [-0.1, -0.05) is 0 Å². The van der Waals surface area contributed by atoms with E-state index in [4.69, 9.17) is 9.47 Å². The normalized spacial score (nSPS) is 12.4. The Balaban J connectivity index is 2.50. The van der Waals surface area contributed by atoms with E-state index in [0.29, 0.717) is 19.8 Å². The van der Waals surface area contributed by atoms with Crippen LogP contribution in [-0.2, 0) is 27.4 Å². The van der Waals surface area contributed by atoms with Crippen LogP contribution in [0.25, 0.3) is 0 Å². The molecule has 6 heteroatoms. The lowest BCUT2D eigenvalue weighted by atomic mass is 10.3. The molecule has 0 unspecified atom stereocenters. The van der Waals surface area contributed by atoms with Crippen molar-refractivity contribution in [3.8, 4) is 0 Å². The monoisotopic (exact) mass is 272 g/mol. The first kappa shape index (κ1) is 15.1. The lowest BCUT2D eigenvalue weighted by Gasteiger charge is -2.11. The fraction of sp³-hybridized carbons (Fsp3) is 0.667. The molecule has 1 heterocycles. The number of carbonyl (C=O) groups is 1. The molecule has 1 aromatic heterocycles. The van der Waals surface area contributed by atoms with Crippen LogP contribution in [-0.4, -0.2) is 30.7 Å². The van der Waals surface area contributed by atoms with Crippen LogP contribution in [0.4, 0.5) is 0 Å². The third kappa shape index (κ3) is 4.36. The van der Waals surface area contributed by atoms with E-state index in [0.717, 1.165) is 15.6 Å². The standard InChI is InChI=1S/C12H20N2O3S/c1-5-17-9(3)12(15)13-6-10-8(2)14-11(18-10)7-16-4/h9H,5-7H2,1-4H3,(H,13,15)/t9-/m1/s1. The van der Waals surface area contributed by atoms with Gasteiger partial charge in [0.15, 0.2) is 0 Å². The van der Waals surface area contributed by atoms with Crippen molar-refractivity contribution >= 4 is 17.2 Å². The number of aryl methyl sites for hydroxylation is 1. The van der Waals surface area contributed by atoms with Gasteiger partial charge in [-0.15, -0.1) is 11.3 Å². The molecular formula is C12H20N2O3S. The molecule has 5 nitrogen and oxygen atoms in total. The summed E-state index contributed by atoms with van der Waals surface area (Å²) in [5.41, 5.74) is 0.941. The maximum Gasteiger partial charge on any atom is 0.249 e. The summed E-state index contributed by atoms with van der Waals surface area (Å²) in [4.78, 5) is 17.1. The maximum atomic E-state index is 11.7. The third-order valence-electron chi connectivity index (χ3n) is 2.41. The molecule has 1 N–H and O–H groups in total. The predicted octanol–water partition coefficient (Wildman–Crippen LogP) is 1.64. The molecule has 1 aromatic rings. The van der Waals surface area contributed by atoms with Gasteiger partial charge in [0.05, 0.1) is 18.8 Å². The van der Waals surface area contributed by atoms with Gasteiger partial charge in [-0.3, -0.25) is 4.79 Å². The molecule has 0 spiro atoms. The van der Waals surface area contributed by atoms with Crippen molar-refractivity contribution in [2.45, 2.75) is 40.0 Å². The average molecular weight is 272 g/mol. The first-order chi connectivity index (χ1) is 8.58. The van der Waals surface area contributed by atoms with Crippen molar-refractivity contribution in [3.63, 3.8) is 0 Å². The number of ether oxygens (including phenoxy) is 2. The van der Waals surface area contributed by atoms with Crippen LogP contribution in [0.3, 0.4) is 0 Å². The molecule has 0 aromatic carbocycles. The summed E-state index contributed by atoms with van der Waals surface area (Å²) < 4.78 is 10.3. The second-order valence-corrected chi connectivity index (χ2v) is 5.03. The second-order valence-electron chi connectivity index (χ2n) is 3.86. The molecule has 0 aliphatic heterocycles. The summed E-state index contributed by atoms with van der Waals surface area (Å²) in [5, 5.41) is 3.77. The molecule has 1 atom stereocenters. The Morgan fingerprint density at radius 1 is 1.56 bits per heavy atom. The number of carbonyl (C=O) groups excluding carboxylic acids is 1. The van der Waals surface area contributed by atoms with E-state index in [1.165, 1.54) is 0 Å². The van der Waals surface area contributed by atoms with E-state index in [2.05, 4.69) is 10.3 Å². The number of nitrogens with one attached hydrogen (secondary N) is 1. The highest BCUT2D eigenvalue weighted by Crippen LogP contribution is 2.18. The number of hydrogen-bond donors (Lipinski definition) is 1. The minimum atomic E-state index is -0.415. The number of nitrogens with zero attached hydrogens (tertiary/aromatic N) is 1. The summed E-state index contributed by atoms with van der Waals surface area (Å²) in [6, 6.07) is 0. The Morgan fingerprint density at radius 2 is 2.28 bits per heavy atom. The molecule has 1 rings (SSSR count). The summed E-state index contributed by atoms with van der Waals surface area (Å²) >= 11 is 1.56. The fourth-order valence-corrected chi connectivity index (χ4v) is 2.46.